The summed E-state index contributed by atoms with van der Waals surface area (Å²) >= 11 is 5.34. The first-order valence-corrected chi connectivity index (χ1v) is 9.23. The smallest absolute Gasteiger partial charge is 0.199 e. The van der Waals surface area contributed by atoms with Crippen LogP contribution in [-0.4, -0.2) is 14.8 Å². The van der Waals surface area contributed by atoms with Crippen molar-refractivity contribution in [3.05, 3.63) is 101 Å². The number of halogens is 2. The molecule has 140 valence electrons. The average Bonchev–Trinajstić information content (AvgIpc) is 3.10. The van der Waals surface area contributed by atoms with Crippen LogP contribution in [0.1, 0.15) is 24.2 Å². The molecule has 28 heavy (non-hydrogen) atoms. The highest BCUT2D eigenvalue weighted by molar-refractivity contribution is 7.71. The monoisotopic (exact) mass is 393 g/mol. The van der Waals surface area contributed by atoms with Gasteiger partial charge in [-0.1, -0.05) is 49.4 Å². The van der Waals surface area contributed by atoms with Crippen LogP contribution in [0, 0.1) is 16.4 Å². The molecular formula is C22H17F2N3S. The number of benzene rings is 3. The quantitative estimate of drug-likeness (QED) is 0.430. The number of hydrogen-bond acceptors (Lipinski definition) is 2. The number of hydrogen-bond donors (Lipinski definition) is 1. The molecule has 1 atom stereocenters. The molecule has 0 spiro atoms. The Labute approximate surface area is 166 Å². The zero-order chi connectivity index (χ0) is 19.7. The Morgan fingerprint density at radius 2 is 1.68 bits per heavy atom. The van der Waals surface area contributed by atoms with Gasteiger partial charge in [-0.25, -0.2) is 8.78 Å². The molecule has 0 aliphatic rings. The first kappa shape index (κ1) is 18.3. The molecule has 0 bridgehead atoms. The number of rotatable bonds is 4. The Hall–Kier alpha value is -3.12. The summed E-state index contributed by atoms with van der Waals surface area (Å²) in [6.07, 6.45) is 0. The predicted molar refractivity (Wildman–Crippen MR) is 108 cm³/mol. The van der Waals surface area contributed by atoms with Crippen LogP contribution in [0.4, 0.5) is 8.78 Å². The summed E-state index contributed by atoms with van der Waals surface area (Å²) < 4.78 is 30.2. The van der Waals surface area contributed by atoms with Crippen molar-refractivity contribution in [1.29, 1.82) is 0 Å². The summed E-state index contributed by atoms with van der Waals surface area (Å²) in [5.41, 5.74) is 2.85. The minimum Gasteiger partial charge on any atom is -0.272 e. The van der Waals surface area contributed by atoms with Crippen LogP contribution in [0.2, 0.25) is 0 Å². The minimum absolute atomic E-state index is 0.225. The van der Waals surface area contributed by atoms with Crippen LogP contribution in [0.25, 0.3) is 16.8 Å². The van der Waals surface area contributed by atoms with Crippen LogP contribution in [-0.2, 0) is 0 Å². The summed E-state index contributed by atoms with van der Waals surface area (Å²) in [4.78, 5) is 0. The molecule has 1 aromatic heterocycles. The van der Waals surface area contributed by atoms with Gasteiger partial charge >= 0.3 is 0 Å². The number of H-pyrrole nitrogens is 1. The maximum Gasteiger partial charge on any atom is 0.199 e. The number of aromatic nitrogens is 3. The SMILES string of the molecule is CC(c1ccc(-c2ccccc2)c(F)c1)c1n[nH]c(=S)n1-c1ccc(F)cc1. The molecule has 0 radical (unpaired) electrons. The molecule has 3 aromatic carbocycles. The fourth-order valence-electron chi connectivity index (χ4n) is 3.24. The van der Waals surface area contributed by atoms with E-state index in [0.29, 0.717) is 21.8 Å². The van der Waals surface area contributed by atoms with Crippen molar-refractivity contribution in [2.45, 2.75) is 12.8 Å². The zero-order valence-electron chi connectivity index (χ0n) is 15.1. The maximum atomic E-state index is 14.8. The van der Waals surface area contributed by atoms with E-state index in [1.54, 1.807) is 22.8 Å². The van der Waals surface area contributed by atoms with Gasteiger partial charge in [0.15, 0.2) is 4.77 Å². The molecule has 0 aliphatic carbocycles. The highest BCUT2D eigenvalue weighted by Crippen LogP contribution is 2.29. The Morgan fingerprint density at radius 3 is 2.36 bits per heavy atom. The van der Waals surface area contributed by atoms with Crippen LogP contribution in [0.3, 0.4) is 0 Å². The molecule has 1 unspecified atom stereocenters. The summed E-state index contributed by atoms with van der Waals surface area (Å²) in [6.45, 7) is 1.93. The first-order chi connectivity index (χ1) is 13.5. The first-order valence-electron chi connectivity index (χ1n) is 8.82. The standard InChI is InChI=1S/C22H17F2N3S/c1-14(16-7-12-19(20(24)13-16)15-5-3-2-4-6-15)21-25-26-22(28)27(21)18-10-8-17(23)9-11-18/h2-14H,1H3,(H,26,28). The Balaban J connectivity index is 1.73. The van der Waals surface area contributed by atoms with Gasteiger partial charge in [-0.3, -0.25) is 9.67 Å². The predicted octanol–water partition coefficient (Wildman–Crippen LogP) is 6.03. The van der Waals surface area contributed by atoms with E-state index in [1.165, 1.54) is 18.2 Å². The van der Waals surface area contributed by atoms with Gasteiger partial charge in [-0.05, 0) is 53.7 Å². The molecule has 0 fully saturated rings. The van der Waals surface area contributed by atoms with Crippen molar-refractivity contribution >= 4 is 12.2 Å². The molecule has 6 heteroatoms. The molecular weight excluding hydrogens is 376 g/mol. The van der Waals surface area contributed by atoms with Gasteiger partial charge in [0.2, 0.25) is 0 Å². The second-order valence-corrected chi connectivity index (χ2v) is 6.91. The number of aromatic amines is 1. The molecule has 0 saturated heterocycles. The van der Waals surface area contributed by atoms with Gasteiger partial charge < -0.3 is 0 Å². The largest absolute Gasteiger partial charge is 0.272 e. The van der Waals surface area contributed by atoms with E-state index in [-0.39, 0.29) is 17.6 Å². The van der Waals surface area contributed by atoms with Gasteiger partial charge in [0.25, 0.3) is 0 Å². The molecule has 1 N–H and O–H groups in total. The Bertz CT molecular complexity index is 1160. The van der Waals surface area contributed by atoms with Gasteiger partial charge in [0.05, 0.1) is 0 Å². The zero-order valence-corrected chi connectivity index (χ0v) is 15.9. The van der Waals surface area contributed by atoms with Crippen LogP contribution in [0.15, 0.2) is 72.8 Å². The normalized spacial score (nSPS) is 12.1. The number of nitrogens with one attached hydrogen (secondary N) is 1. The lowest BCUT2D eigenvalue weighted by Gasteiger charge is -2.15. The molecule has 4 aromatic rings. The van der Waals surface area contributed by atoms with Crippen LogP contribution >= 0.6 is 12.2 Å². The lowest BCUT2D eigenvalue weighted by atomic mass is 9.96. The van der Waals surface area contributed by atoms with E-state index in [1.807, 2.05) is 43.3 Å². The van der Waals surface area contributed by atoms with E-state index in [9.17, 15) is 8.78 Å². The minimum atomic E-state index is -0.327. The Morgan fingerprint density at radius 1 is 0.964 bits per heavy atom. The molecule has 0 amide bonds. The highest BCUT2D eigenvalue weighted by Gasteiger charge is 2.19. The summed E-state index contributed by atoms with van der Waals surface area (Å²) in [6, 6.07) is 20.6. The van der Waals surface area contributed by atoms with E-state index in [0.717, 1.165) is 11.1 Å². The van der Waals surface area contributed by atoms with Crippen molar-refractivity contribution in [3.63, 3.8) is 0 Å². The Kier molecular flexibility index (Phi) is 4.88. The second-order valence-electron chi connectivity index (χ2n) is 6.53. The van der Waals surface area contributed by atoms with Crippen LogP contribution < -0.4 is 0 Å². The molecule has 0 saturated carbocycles. The van der Waals surface area contributed by atoms with Gasteiger partial charge in [0, 0.05) is 17.2 Å². The molecule has 4 rings (SSSR count). The fraction of sp³-hybridized carbons (Fsp3) is 0.0909. The lowest BCUT2D eigenvalue weighted by Crippen LogP contribution is -2.07. The third kappa shape index (κ3) is 3.39. The van der Waals surface area contributed by atoms with Crippen molar-refractivity contribution in [2.75, 3.05) is 0 Å². The van der Waals surface area contributed by atoms with Crippen molar-refractivity contribution in [3.8, 4) is 16.8 Å². The van der Waals surface area contributed by atoms with E-state index < -0.39 is 0 Å². The van der Waals surface area contributed by atoms with Gasteiger partial charge in [-0.15, -0.1) is 0 Å². The highest BCUT2D eigenvalue weighted by atomic mass is 32.1. The maximum absolute atomic E-state index is 14.8. The fourth-order valence-corrected chi connectivity index (χ4v) is 3.49. The summed E-state index contributed by atoms with van der Waals surface area (Å²) in [7, 11) is 0. The summed E-state index contributed by atoms with van der Waals surface area (Å²) in [5, 5.41) is 7.11. The third-order valence-corrected chi connectivity index (χ3v) is 5.02. The molecule has 3 nitrogen and oxygen atoms in total. The van der Waals surface area contributed by atoms with E-state index in [4.69, 9.17) is 12.2 Å². The van der Waals surface area contributed by atoms with E-state index >= 15 is 0 Å². The molecule has 1 heterocycles. The summed E-state index contributed by atoms with van der Waals surface area (Å²) in [5.74, 6) is -0.217. The second kappa shape index (κ2) is 7.48. The lowest BCUT2D eigenvalue weighted by molar-refractivity contribution is 0.625. The van der Waals surface area contributed by atoms with E-state index in [2.05, 4.69) is 10.2 Å². The average molecular weight is 393 g/mol. The van der Waals surface area contributed by atoms with Crippen LogP contribution in [0.5, 0.6) is 0 Å². The van der Waals surface area contributed by atoms with Gasteiger partial charge in [0.1, 0.15) is 17.5 Å². The van der Waals surface area contributed by atoms with Crippen molar-refractivity contribution in [2.24, 2.45) is 0 Å². The third-order valence-electron chi connectivity index (χ3n) is 4.75. The molecule has 0 aliphatic heterocycles. The van der Waals surface area contributed by atoms with Crippen molar-refractivity contribution < 1.29 is 8.78 Å². The van der Waals surface area contributed by atoms with Crippen molar-refractivity contribution in [1.82, 2.24) is 14.8 Å². The van der Waals surface area contributed by atoms with Gasteiger partial charge in [-0.2, -0.15) is 5.10 Å². The topological polar surface area (TPSA) is 33.6 Å². The number of nitrogens with zero attached hydrogens (tertiary/aromatic N) is 2.